The average Bonchev–Trinajstić information content (AvgIpc) is 3.04. The first kappa shape index (κ1) is 15.4. The van der Waals surface area contributed by atoms with E-state index in [1.54, 1.807) is 0 Å². The molecule has 3 heteroatoms. The van der Waals surface area contributed by atoms with Crippen LogP contribution in [0.25, 0.3) is 0 Å². The zero-order chi connectivity index (χ0) is 16.8. The number of benzene rings is 2. The van der Waals surface area contributed by atoms with Crippen molar-refractivity contribution in [3.63, 3.8) is 0 Å². The molecule has 1 heterocycles. The van der Waals surface area contributed by atoms with E-state index in [9.17, 15) is 8.78 Å². The molecule has 0 bridgehead atoms. The van der Waals surface area contributed by atoms with Crippen LogP contribution in [-0.4, -0.2) is 0 Å². The lowest BCUT2D eigenvalue weighted by atomic mass is 9.76. The summed E-state index contributed by atoms with van der Waals surface area (Å²) in [6.07, 6.45) is 5.15. The third-order valence-electron chi connectivity index (χ3n) is 5.35. The normalized spacial score (nSPS) is 24.6. The van der Waals surface area contributed by atoms with E-state index in [1.807, 2.05) is 0 Å². The standard InChI is InChI=1S/C21H21F2N/c1-12(2)13-6-8-14(9-7-13)20-17-5-3-4-16(17)18-10-15(22)11-19(23)21(18)24-20/h3-4,6-12,16-17,20,24H,5H2,1-2H3/t16-,17-,20-/m0/s1. The van der Waals surface area contributed by atoms with Gasteiger partial charge in [-0.2, -0.15) is 0 Å². The van der Waals surface area contributed by atoms with Crippen LogP contribution in [-0.2, 0) is 0 Å². The second kappa shape index (κ2) is 5.73. The number of allylic oxidation sites excluding steroid dienone is 2. The fourth-order valence-electron chi connectivity index (χ4n) is 4.04. The van der Waals surface area contributed by atoms with Crippen LogP contribution in [0.4, 0.5) is 14.5 Å². The summed E-state index contributed by atoms with van der Waals surface area (Å²) in [6.45, 7) is 4.34. The van der Waals surface area contributed by atoms with Crippen LogP contribution in [0.15, 0.2) is 48.6 Å². The van der Waals surface area contributed by atoms with Gasteiger partial charge in [-0.25, -0.2) is 8.78 Å². The highest BCUT2D eigenvalue weighted by Crippen LogP contribution is 2.50. The molecule has 2 aromatic carbocycles. The maximum absolute atomic E-state index is 14.3. The zero-order valence-electron chi connectivity index (χ0n) is 13.9. The second-order valence-electron chi connectivity index (χ2n) is 7.15. The Morgan fingerprint density at radius 3 is 2.54 bits per heavy atom. The van der Waals surface area contributed by atoms with Crippen LogP contribution >= 0.6 is 0 Å². The summed E-state index contributed by atoms with van der Waals surface area (Å²) in [7, 11) is 0. The van der Waals surface area contributed by atoms with Crippen molar-refractivity contribution in [3.05, 3.63) is 76.9 Å². The van der Waals surface area contributed by atoms with E-state index in [-0.39, 0.29) is 12.0 Å². The van der Waals surface area contributed by atoms with Crippen LogP contribution < -0.4 is 5.32 Å². The average molecular weight is 325 g/mol. The minimum atomic E-state index is -0.508. The fraction of sp³-hybridized carbons (Fsp3) is 0.333. The highest BCUT2D eigenvalue weighted by atomic mass is 19.1. The molecule has 0 unspecified atom stereocenters. The molecule has 1 aliphatic heterocycles. The van der Waals surface area contributed by atoms with Crippen molar-refractivity contribution in [3.8, 4) is 0 Å². The van der Waals surface area contributed by atoms with Crippen molar-refractivity contribution < 1.29 is 8.78 Å². The summed E-state index contributed by atoms with van der Waals surface area (Å²) in [5.41, 5.74) is 3.64. The van der Waals surface area contributed by atoms with Gasteiger partial charge in [0.05, 0.1) is 11.7 Å². The third kappa shape index (κ3) is 2.43. The first-order valence-corrected chi connectivity index (χ1v) is 8.56. The lowest BCUT2D eigenvalue weighted by molar-refractivity contribution is 0.418. The molecule has 2 aliphatic rings. The molecule has 0 radical (unpaired) electrons. The SMILES string of the molecule is CC(C)c1ccc([C@@H]2Nc3c(F)cc(F)cc3[C@H]3C=CC[C@@H]32)cc1. The molecule has 3 atom stereocenters. The molecule has 24 heavy (non-hydrogen) atoms. The first-order chi connectivity index (χ1) is 11.5. The maximum atomic E-state index is 14.3. The number of hydrogen-bond donors (Lipinski definition) is 1. The van der Waals surface area contributed by atoms with E-state index < -0.39 is 11.6 Å². The molecule has 1 nitrogen and oxygen atoms in total. The lowest BCUT2D eigenvalue weighted by Gasteiger charge is -2.37. The quantitative estimate of drug-likeness (QED) is 0.676. The van der Waals surface area contributed by atoms with Gasteiger partial charge in [-0.15, -0.1) is 0 Å². The minimum Gasteiger partial charge on any atom is -0.375 e. The van der Waals surface area contributed by atoms with Crippen molar-refractivity contribution >= 4 is 5.69 Å². The smallest absolute Gasteiger partial charge is 0.149 e. The van der Waals surface area contributed by atoms with Crippen LogP contribution in [0, 0.1) is 17.6 Å². The van der Waals surface area contributed by atoms with Crippen LogP contribution in [0.5, 0.6) is 0 Å². The van der Waals surface area contributed by atoms with Gasteiger partial charge in [0.2, 0.25) is 0 Å². The van der Waals surface area contributed by atoms with Gasteiger partial charge in [0, 0.05) is 12.0 Å². The molecule has 1 N–H and O–H groups in total. The predicted octanol–water partition coefficient (Wildman–Crippen LogP) is 5.91. The molecule has 0 fully saturated rings. The number of anilines is 1. The number of nitrogens with one attached hydrogen (secondary N) is 1. The molecule has 0 spiro atoms. The number of rotatable bonds is 2. The molecule has 1 aliphatic carbocycles. The Kier molecular flexibility index (Phi) is 3.67. The van der Waals surface area contributed by atoms with E-state index in [2.05, 4.69) is 55.6 Å². The highest BCUT2D eigenvalue weighted by Gasteiger charge is 2.39. The largest absolute Gasteiger partial charge is 0.375 e. The molecule has 2 aromatic rings. The van der Waals surface area contributed by atoms with E-state index >= 15 is 0 Å². The van der Waals surface area contributed by atoms with E-state index in [0.717, 1.165) is 23.6 Å². The third-order valence-corrected chi connectivity index (χ3v) is 5.35. The predicted molar refractivity (Wildman–Crippen MR) is 93.2 cm³/mol. The van der Waals surface area contributed by atoms with Crippen molar-refractivity contribution in [1.82, 2.24) is 0 Å². The van der Waals surface area contributed by atoms with Crippen molar-refractivity contribution in [2.24, 2.45) is 5.92 Å². The minimum absolute atomic E-state index is 0.0404. The second-order valence-corrected chi connectivity index (χ2v) is 7.15. The topological polar surface area (TPSA) is 12.0 Å². The summed E-state index contributed by atoms with van der Waals surface area (Å²) in [6, 6.07) is 11.0. The molecule has 0 amide bonds. The van der Waals surface area contributed by atoms with Gasteiger partial charge >= 0.3 is 0 Å². The molecule has 4 rings (SSSR count). The zero-order valence-corrected chi connectivity index (χ0v) is 13.9. The van der Waals surface area contributed by atoms with E-state index in [1.165, 1.54) is 11.6 Å². The van der Waals surface area contributed by atoms with Crippen LogP contribution in [0.3, 0.4) is 0 Å². The number of fused-ring (bicyclic) bond motifs is 3. The van der Waals surface area contributed by atoms with Crippen LogP contribution in [0.1, 0.15) is 54.8 Å². The number of hydrogen-bond acceptors (Lipinski definition) is 1. The van der Waals surface area contributed by atoms with E-state index in [0.29, 0.717) is 17.5 Å². The Morgan fingerprint density at radius 1 is 1.08 bits per heavy atom. The van der Waals surface area contributed by atoms with Crippen molar-refractivity contribution in [2.45, 2.75) is 38.1 Å². The summed E-state index contributed by atoms with van der Waals surface area (Å²) in [5, 5.41) is 3.35. The Balaban J connectivity index is 1.75. The summed E-state index contributed by atoms with van der Waals surface area (Å²) < 4.78 is 28.0. The first-order valence-electron chi connectivity index (χ1n) is 8.56. The lowest BCUT2D eigenvalue weighted by Crippen LogP contribution is -2.29. The number of halogens is 2. The van der Waals surface area contributed by atoms with Crippen molar-refractivity contribution in [1.29, 1.82) is 0 Å². The van der Waals surface area contributed by atoms with Gasteiger partial charge in [-0.3, -0.25) is 0 Å². The molecule has 0 aromatic heterocycles. The van der Waals surface area contributed by atoms with Gasteiger partial charge < -0.3 is 5.32 Å². The van der Waals surface area contributed by atoms with Crippen LogP contribution in [0.2, 0.25) is 0 Å². The van der Waals surface area contributed by atoms with Gasteiger partial charge in [-0.1, -0.05) is 50.3 Å². The van der Waals surface area contributed by atoms with Gasteiger partial charge in [-0.05, 0) is 41.0 Å². The molecular weight excluding hydrogens is 304 g/mol. The summed E-state index contributed by atoms with van der Waals surface area (Å²) >= 11 is 0. The Bertz CT molecular complexity index is 792. The van der Waals surface area contributed by atoms with E-state index in [4.69, 9.17) is 0 Å². The van der Waals surface area contributed by atoms with Gasteiger partial charge in [0.25, 0.3) is 0 Å². The fourth-order valence-corrected chi connectivity index (χ4v) is 4.04. The Hall–Kier alpha value is -2.16. The van der Waals surface area contributed by atoms with Crippen molar-refractivity contribution in [2.75, 3.05) is 5.32 Å². The summed E-state index contributed by atoms with van der Waals surface area (Å²) in [5.74, 6) is -0.162. The monoisotopic (exact) mass is 325 g/mol. The molecule has 0 saturated heterocycles. The Labute approximate surface area is 141 Å². The Morgan fingerprint density at radius 2 is 1.83 bits per heavy atom. The molecular formula is C21H21F2N. The highest BCUT2D eigenvalue weighted by molar-refractivity contribution is 5.60. The summed E-state index contributed by atoms with van der Waals surface area (Å²) in [4.78, 5) is 0. The van der Waals surface area contributed by atoms with Gasteiger partial charge in [0.15, 0.2) is 0 Å². The maximum Gasteiger partial charge on any atom is 0.149 e. The molecule has 124 valence electrons. The molecule has 0 saturated carbocycles. The van der Waals surface area contributed by atoms with Gasteiger partial charge in [0.1, 0.15) is 11.6 Å².